The highest BCUT2D eigenvalue weighted by Gasteiger charge is 2.42. The van der Waals surface area contributed by atoms with E-state index in [1.807, 2.05) is 30.0 Å². The molecule has 7 nitrogen and oxygen atoms in total. The van der Waals surface area contributed by atoms with Gasteiger partial charge in [0.1, 0.15) is 17.2 Å². The molecule has 3 N–H and O–H groups in total. The second kappa shape index (κ2) is 9.26. The zero-order valence-electron chi connectivity index (χ0n) is 17.9. The molecule has 0 saturated carbocycles. The second-order valence-electron chi connectivity index (χ2n) is 8.64. The third-order valence-electron chi connectivity index (χ3n) is 6.41. The maximum absolute atomic E-state index is 13.3. The van der Waals surface area contributed by atoms with E-state index >= 15 is 0 Å². The minimum Gasteiger partial charge on any atom is -0.491 e. The van der Waals surface area contributed by atoms with Gasteiger partial charge in [0.25, 0.3) is 5.91 Å². The van der Waals surface area contributed by atoms with E-state index < -0.39 is 5.41 Å². The number of rotatable bonds is 1. The number of hydrogen-bond donors (Lipinski definition) is 2. The fourth-order valence-corrected chi connectivity index (χ4v) is 5.19. The van der Waals surface area contributed by atoms with Crippen LogP contribution in [-0.4, -0.2) is 47.4 Å². The number of likely N-dealkylation sites (tertiary alicyclic amines) is 1. The Kier molecular flexibility index (Phi) is 6.46. The fraction of sp³-hybridized carbons (Fsp3) is 0.522. The molecule has 0 bridgehead atoms. The Morgan fingerprint density at radius 3 is 2.77 bits per heavy atom. The van der Waals surface area contributed by atoms with Crippen LogP contribution in [0, 0.1) is 5.41 Å². The molecule has 1 atom stereocenters. The van der Waals surface area contributed by atoms with Gasteiger partial charge in [-0.3, -0.25) is 9.59 Å². The predicted octanol–water partition coefficient (Wildman–Crippen LogP) is 3.26. The monoisotopic (exact) mass is 442 g/mol. The van der Waals surface area contributed by atoms with Gasteiger partial charge < -0.3 is 20.7 Å². The Labute approximate surface area is 187 Å². The highest BCUT2D eigenvalue weighted by atomic mass is 32.1. The van der Waals surface area contributed by atoms with Crippen LogP contribution in [0.5, 0.6) is 5.75 Å². The van der Waals surface area contributed by atoms with Crippen LogP contribution in [-0.2, 0) is 11.2 Å². The average molecular weight is 443 g/mol. The first kappa shape index (κ1) is 21.6. The third kappa shape index (κ3) is 4.84. The van der Waals surface area contributed by atoms with Crippen molar-refractivity contribution in [3.63, 3.8) is 0 Å². The summed E-state index contributed by atoms with van der Waals surface area (Å²) in [7, 11) is 0. The lowest BCUT2D eigenvalue weighted by Crippen LogP contribution is -2.52. The van der Waals surface area contributed by atoms with E-state index in [0.717, 1.165) is 31.4 Å². The van der Waals surface area contributed by atoms with Crippen molar-refractivity contribution < 1.29 is 14.3 Å². The van der Waals surface area contributed by atoms with Crippen molar-refractivity contribution in [2.45, 2.75) is 51.5 Å². The molecule has 2 amide bonds. The molecule has 1 aromatic heterocycles. The van der Waals surface area contributed by atoms with Gasteiger partial charge in [0.2, 0.25) is 5.91 Å². The summed E-state index contributed by atoms with van der Waals surface area (Å²) in [4.78, 5) is 32.4. The molecule has 8 heteroatoms. The first-order valence-corrected chi connectivity index (χ1v) is 11.8. The van der Waals surface area contributed by atoms with Gasteiger partial charge >= 0.3 is 0 Å². The second-order valence-corrected chi connectivity index (χ2v) is 9.70. The van der Waals surface area contributed by atoms with Crippen LogP contribution in [0.2, 0.25) is 0 Å². The number of benzene rings is 1. The summed E-state index contributed by atoms with van der Waals surface area (Å²) in [5, 5.41) is 3.57. The maximum Gasteiger partial charge on any atom is 0.265 e. The largest absolute Gasteiger partial charge is 0.491 e. The number of fused-ring (bicyclic) bond motifs is 1. The fourth-order valence-electron chi connectivity index (χ4n) is 4.53. The van der Waals surface area contributed by atoms with Crippen LogP contribution in [0.15, 0.2) is 30.5 Å². The highest BCUT2D eigenvalue weighted by molar-refractivity contribution is 7.17. The van der Waals surface area contributed by atoms with Gasteiger partial charge in [-0.05, 0) is 50.7 Å². The predicted molar refractivity (Wildman–Crippen MR) is 121 cm³/mol. The van der Waals surface area contributed by atoms with Crippen molar-refractivity contribution in [1.29, 1.82) is 0 Å². The van der Waals surface area contributed by atoms with E-state index in [1.165, 1.54) is 23.1 Å². The number of piperidine rings is 1. The van der Waals surface area contributed by atoms with Crippen LogP contribution in [0.3, 0.4) is 0 Å². The van der Waals surface area contributed by atoms with E-state index in [-0.39, 0.29) is 17.9 Å². The van der Waals surface area contributed by atoms with E-state index in [0.29, 0.717) is 42.5 Å². The van der Waals surface area contributed by atoms with Crippen molar-refractivity contribution >= 4 is 28.3 Å². The topological polar surface area (TPSA) is 97.6 Å². The van der Waals surface area contributed by atoms with Gasteiger partial charge in [-0.25, -0.2) is 4.98 Å². The molecule has 1 aromatic carbocycles. The lowest BCUT2D eigenvalue weighted by atomic mass is 9.73. The van der Waals surface area contributed by atoms with Crippen molar-refractivity contribution in [2.24, 2.45) is 5.41 Å². The normalized spacial score (nSPS) is 21.9. The number of carbonyl (C=O) groups is 2. The van der Waals surface area contributed by atoms with Crippen molar-refractivity contribution in [2.75, 3.05) is 25.4 Å². The van der Waals surface area contributed by atoms with Crippen LogP contribution in [0.1, 0.15) is 54.3 Å². The highest BCUT2D eigenvalue weighted by Crippen LogP contribution is 2.38. The molecule has 2 aromatic rings. The number of nitrogens with zero attached hydrogens (tertiary/aromatic N) is 2. The summed E-state index contributed by atoms with van der Waals surface area (Å²) in [5.41, 5.74) is 6.46. The molecule has 0 unspecified atom stereocenters. The maximum atomic E-state index is 13.3. The van der Waals surface area contributed by atoms with Crippen LogP contribution in [0.4, 0.5) is 5.13 Å². The molecule has 4 rings (SSSR count). The SMILES string of the molecule is C[C@@H]1COc2ccccc2CCCCC2(CCN(C(=O)c3cnc(N)s3)CC2)C(=O)N1. The molecule has 2 aliphatic rings. The lowest BCUT2D eigenvalue weighted by Gasteiger charge is -2.41. The number of aromatic nitrogens is 1. The Bertz CT molecular complexity index is 936. The Hall–Kier alpha value is -2.61. The van der Waals surface area contributed by atoms with Gasteiger partial charge in [0.15, 0.2) is 5.13 Å². The van der Waals surface area contributed by atoms with Crippen molar-refractivity contribution in [3.8, 4) is 5.75 Å². The lowest BCUT2D eigenvalue weighted by molar-refractivity contribution is -0.135. The van der Waals surface area contributed by atoms with E-state index in [9.17, 15) is 9.59 Å². The van der Waals surface area contributed by atoms with Crippen LogP contribution < -0.4 is 15.8 Å². The Balaban J connectivity index is 1.45. The van der Waals surface area contributed by atoms with Crippen molar-refractivity contribution in [3.05, 3.63) is 40.9 Å². The summed E-state index contributed by atoms with van der Waals surface area (Å²) in [6, 6.07) is 8.07. The third-order valence-corrected chi connectivity index (χ3v) is 7.23. The number of thiazole rings is 1. The summed E-state index contributed by atoms with van der Waals surface area (Å²) >= 11 is 1.21. The van der Waals surface area contributed by atoms with Gasteiger partial charge in [-0.15, -0.1) is 0 Å². The summed E-state index contributed by atoms with van der Waals surface area (Å²) < 4.78 is 6.01. The number of nitrogens with two attached hydrogens (primary N) is 1. The zero-order valence-corrected chi connectivity index (χ0v) is 18.7. The minimum atomic E-state index is -0.434. The van der Waals surface area contributed by atoms with E-state index in [1.54, 1.807) is 0 Å². The van der Waals surface area contributed by atoms with E-state index in [4.69, 9.17) is 10.5 Å². The molecular formula is C23H30N4O3S. The summed E-state index contributed by atoms with van der Waals surface area (Å²) in [6.45, 7) is 3.55. The number of ether oxygens (including phenoxy) is 1. The minimum absolute atomic E-state index is 0.0454. The number of anilines is 1. The number of nitrogens with one attached hydrogen (secondary N) is 1. The molecule has 2 aliphatic heterocycles. The quantitative estimate of drug-likeness (QED) is 0.707. The molecule has 3 heterocycles. The number of para-hydroxylation sites is 1. The average Bonchev–Trinajstić information content (AvgIpc) is 3.21. The first-order chi connectivity index (χ1) is 15.0. The standard InChI is InChI=1S/C23H30N4O3S/c1-16-15-30-18-8-3-2-6-17(18)7-4-5-9-23(21(29)26-16)10-12-27(13-11-23)20(28)19-14-25-22(24)31-19/h2-3,6,8,14,16H,4-5,7,9-13,15H2,1H3,(H2,24,25)(H,26,29)/t16-/m1/s1. The summed E-state index contributed by atoms with van der Waals surface area (Å²) in [6.07, 6.45) is 6.63. The number of carbonyl (C=O) groups excluding carboxylic acids is 2. The number of amides is 2. The zero-order chi connectivity index (χ0) is 21.8. The Morgan fingerprint density at radius 1 is 1.26 bits per heavy atom. The van der Waals surface area contributed by atoms with Gasteiger partial charge in [-0.2, -0.15) is 0 Å². The molecule has 1 fully saturated rings. The molecule has 0 aliphatic carbocycles. The van der Waals surface area contributed by atoms with Gasteiger partial charge in [0, 0.05) is 13.1 Å². The molecule has 166 valence electrons. The molecule has 1 spiro atoms. The smallest absolute Gasteiger partial charge is 0.265 e. The van der Waals surface area contributed by atoms with Gasteiger partial charge in [-0.1, -0.05) is 36.0 Å². The van der Waals surface area contributed by atoms with Crippen LogP contribution >= 0.6 is 11.3 Å². The molecule has 31 heavy (non-hydrogen) atoms. The van der Waals surface area contributed by atoms with E-state index in [2.05, 4.69) is 16.4 Å². The number of nitrogen functional groups attached to an aromatic ring is 1. The summed E-state index contributed by atoms with van der Waals surface area (Å²) in [5.74, 6) is 0.956. The number of aryl methyl sites for hydroxylation is 1. The van der Waals surface area contributed by atoms with Gasteiger partial charge in [0.05, 0.1) is 17.7 Å². The first-order valence-electron chi connectivity index (χ1n) is 11.0. The number of hydrogen-bond acceptors (Lipinski definition) is 6. The molecule has 0 radical (unpaired) electrons. The Morgan fingerprint density at radius 2 is 2.03 bits per heavy atom. The van der Waals surface area contributed by atoms with Crippen molar-refractivity contribution in [1.82, 2.24) is 15.2 Å². The molecule has 1 saturated heterocycles. The van der Waals surface area contributed by atoms with Crippen LogP contribution in [0.25, 0.3) is 0 Å². The molecular weight excluding hydrogens is 412 g/mol.